The van der Waals surface area contributed by atoms with E-state index < -0.39 is 15.4 Å². The predicted octanol–water partition coefficient (Wildman–Crippen LogP) is 4.07. The Balaban J connectivity index is 1.71. The van der Waals surface area contributed by atoms with Crippen LogP contribution < -0.4 is 10.0 Å². The first-order valence-corrected chi connectivity index (χ1v) is 11.3. The van der Waals surface area contributed by atoms with Crippen molar-refractivity contribution in [1.82, 2.24) is 5.32 Å². The molecule has 150 valence electrons. The predicted molar refractivity (Wildman–Crippen MR) is 112 cm³/mol. The number of anilines is 1. The largest absolute Gasteiger partial charge is 0.355 e. The van der Waals surface area contributed by atoms with E-state index in [1.54, 1.807) is 42.5 Å². The summed E-state index contributed by atoms with van der Waals surface area (Å²) in [5, 5.41) is 3.08. The lowest BCUT2D eigenvalue weighted by Gasteiger charge is -2.41. The normalized spacial score (nSPS) is 15.7. The lowest BCUT2D eigenvalue weighted by Crippen LogP contribution is -2.49. The number of rotatable bonds is 8. The van der Waals surface area contributed by atoms with Gasteiger partial charge in [0.25, 0.3) is 10.0 Å². The molecule has 1 saturated carbocycles. The monoisotopic (exact) mass is 400 g/mol. The first-order valence-electron chi connectivity index (χ1n) is 9.80. The van der Waals surface area contributed by atoms with Crippen LogP contribution in [0.1, 0.15) is 45.1 Å². The van der Waals surface area contributed by atoms with Crippen LogP contribution in [-0.2, 0) is 20.2 Å². The van der Waals surface area contributed by atoms with Crippen molar-refractivity contribution in [3.8, 4) is 0 Å². The molecule has 1 fully saturated rings. The fourth-order valence-corrected chi connectivity index (χ4v) is 4.57. The van der Waals surface area contributed by atoms with E-state index in [1.165, 1.54) is 0 Å². The van der Waals surface area contributed by atoms with Crippen LogP contribution in [0.25, 0.3) is 0 Å². The van der Waals surface area contributed by atoms with Gasteiger partial charge in [-0.3, -0.25) is 9.52 Å². The molecule has 0 spiro atoms. The zero-order chi connectivity index (χ0) is 20.2. The number of nitrogens with one attached hydrogen (secondary N) is 2. The van der Waals surface area contributed by atoms with E-state index >= 15 is 0 Å². The molecule has 0 aliphatic heterocycles. The molecule has 0 unspecified atom stereocenters. The van der Waals surface area contributed by atoms with Crippen molar-refractivity contribution in [3.05, 3.63) is 60.2 Å². The van der Waals surface area contributed by atoms with E-state index in [2.05, 4.69) is 23.9 Å². The third kappa shape index (κ3) is 4.38. The lowest BCUT2D eigenvalue weighted by molar-refractivity contribution is -0.129. The number of amides is 1. The van der Waals surface area contributed by atoms with Crippen molar-refractivity contribution < 1.29 is 13.2 Å². The zero-order valence-electron chi connectivity index (χ0n) is 16.4. The van der Waals surface area contributed by atoms with Crippen molar-refractivity contribution in [1.29, 1.82) is 0 Å². The highest BCUT2D eigenvalue weighted by molar-refractivity contribution is 7.92. The van der Waals surface area contributed by atoms with E-state index in [4.69, 9.17) is 0 Å². The van der Waals surface area contributed by atoms with Gasteiger partial charge in [0.05, 0.1) is 10.3 Å². The number of hydrogen-bond donors (Lipinski definition) is 2. The molecule has 28 heavy (non-hydrogen) atoms. The summed E-state index contributed by atoms with van der Waals surface area (Å²) in [6.45, 7) is 4.97. The minimum Gasteiger partial charge on any atom is -0.355 e. The first-order chi connectivity index (χ1) is 13.3. The minimum atomic E-state index is -3.62. The Morgan fingerprint density at radius 2 is 1.68 bits per heavy atom. The van der Waals surface area contributed by atoms with E-state index in [-0.39, 0.29) is 10.8 Å². The average molecular weight is 401 g/mol. The Labute approximate surface area is 167 Å². The van der Waals surface area contributed by atoms with Gasteiger partial charge in [-0.15, -0.1) is 0 Å². The second-order valence-electron chi connectivity index (χ2n) is 7.87. The van der Waals surface area contributed by atoms with Gasteiger partial charge in [0.2, 0.25) is 5.91 Å². The van der Waals surface area contributed by atoms with E-state index in [1.807, 2.05) is 12.1 Å². The topological polar surface area (TPSA) is 75.3 Å². The molecule has 1 aliphatic carbocycles. The molecule has 0 aromatic heterocycles. The summed E-state index contributed by atoms with van der Waals surface area (Å²) in [6, 6.07) is 15.5. The van der Waals surface area contributed by atoms with E-state index in [9.17, 15) is 13.2 Å². The average Bonchev–Trinajstić information content (AvgIpc) is 2.62. The molecule has 2 N–H and O–H groups in total. The molecule has 1 amide bonds. The molecule has 6 heteroatoms. The van der Waals surface area contributed by atoms with Gasteiger partial charge in [0.15, 0.2) is 0 Å². The van der Waals surface area contributed by atoms with Crippen molar-refractivity contribution in [3.63, 3.8) is 0 Å². The van der Waals surface area contributed by atoms with Crippen molar-refractivity contribution >= 4 is 21.6 Å². The molecule has 5 nitrogen and oxygen atoms in total. The highest BCUT2D eigenvalue weighted by atomic mass is 32.2. The number of carbonyl (C=O) groups excluding carboxylic acids is 1. The molecule has 0 saturated heterocycles. The Hall–Kier alpha value is -2.34. The molecule has 0 heterocycles. The van der Waals surface area contributed by atoms with Crippen LogP contribution in [0.4, 0.5) is 5.69 Å². The third-order valence-electron chi connectivity index (χ3n) is 5.39. The van der Waals surface area contributed by atoms with Gasteiger partial charge in [-0.25, -0.2) is 8.42 Å². The molecule has 3 rings (SSSR count). The van der Waals surface area contributed by atoms with Crippen molar-refractivity contribution in [2.45, 2.75) is 49.8 Å². The summed E-state index contributed by atoms with van der Waals surface area (Å²) in [5.41, 5.74) is 0.958. The van der Waals surface area contributed by atoms with Crippen LogP contribution in [0.2, 0.25) is 0 Å². The van der Waals surface area contributed by atoms with Gasteiger partial charge in [-0.1, -0.05) is 50.6 Å². The Kier molecular flexibility index (Phi) is 6.08. The number of benzene rings is 2. The smallest absolute Gasteiger partial charge is 0.261 e. The van der Waals surface area contributed by atoms with Gasteiger partial charge in [0.1, 0.15) is 0 Å². The van der Waals surface area contributed by atoms with Crippen LogP contribution in [0.3, 0.4) is 0 Å². The summed E-state index contributed by atoms with van der Waals surface area (Å²) in [6.07, 6.45) is 3.65. The number of hydrogen-bond acceptors (Lipinski definition) is 3. The summed E-state index contributed by atoms with van der Waals surface area (Å²) < 4.78 is 27.5. The Morgan fingerprint density at radius 3 is 2.21 bits per heavy atom. The Morgan fingerprint density at radius 1 is 1.04 bits per heavy atom. The van der Waals surface area contributed by atoms with E-state index in [0.717, 1.165) is 31.2 Å². The van der Waals surface area contributed by atoms with Crippen LogP contribution in [0.5, 0.6) is 0 Å². The fraction of sp³-hybridized carbons (Fsp3) is 0.409. The lowest BCUT2D eigenvalue weighted by atomic mass is 9.63. The fourth-order valence-electron chi connectivity index (χ4n) is 3.49. The highest BCUT2D eigenvalue weighted by Crippen LogP contribution is 2.44. The van der Waals surface area contributed by atoms with Gasteiger partial charge in [0, 0.05) is 12.2 Å². The second kappa shape index (κ2) is 8.35. The van der Waals surface area contributed by atoms with Gasteiger partial charge in [-0.2, -0.15) is 0 Å². The van der Waals surface area contributed by atoms with Gasteiger partial charge >= 0.3 is 0 Å². The summed E-state index contributed by atoms with van der Waals surface area (Å²) in [5.74, 6) is 0.631. The number of carbonyl (C=O) groups is 1. The number of sulfonamides is 1. The van der Waals surface area contributed by atoms with Gasteiger partial charge < -0.3 is 5.32 Å². The maximum atomic E-state index is 12.8. The molecule has 2 aromatic carbocycles. The maximum absolute atomic E-state index is 12.8. The van der Waals surface area contributed by atoms with Crippen LogP contribution >= 0.6 is 0 Å². The first kappa shape index (κ1) is 20.4. The van der Waals surface area contributed by atoms with E-state index in [0.29, 0.717) is 18.2 Å². The molecule has 2 aromatic rings. The highest BCUT2D eigenvalue weighted by Gasteiger charge is 2.45. The molecule has 1 aliphatic rings. The van der Waals surface area contributed by atoms with Crippen molar-refractivity contribution in [2.24, 2.45) is 5.92 Å². The molecular formula is C22H28N2O3S. The van der Waals surface area contributed by atoms with Crippen LogP contribution in [0, 0.1) is 5.92 Å². The Bertz CT molecular complexity index is 903. The zero-order valence-corrected chi connectivity index (χ0v) is 17.3. The molecule has 0 bridgehead atoms. The minimum absolute atomic E-state index is 0.0806. The molecular weight excluding hydrogens is 372 g/mol. The summed E-state index contributed by atoms with van der Waals surface area (Å²) >= 11 is 0. The molecule has 0 radical (unpaired) electrons. The quantitative estimate of drug-likeness (QED) is 0.701. The molecule has 0 atom stereocenters. The summed E-state index contributed by atoms with van der Waals surface area (Å²) in [7, 11) is -3.62. The summed E-state index contributed by atoms with van der Waals surface area (Å²) in [4.78, 5) is 13.0. The van der Waals surface area contributed by atoms with Gasteiger partial charge in [-0.05, 0) is 55.0 Å². The van der Waals surface area contributed by atoms with Crippen LogP contribution in [0.15, 0.2) is 59.5 Å². The second-order valence-corrected chi connectivity index (χ2v) is 9.55. The maximum Gasteiger partial charge on any atom is 0.261 e. The standard InChI is InChI=1S/C22H28N2O3S/c1-17(2)13-16-23-21(25)22(14-6-15-22)18-9-11-19(12-10-18)24-28(26,27)20-7-4-3-5-8-20/h3-5,7-12,17,24H,6,13-16H2,1-2H3,(H,23,25). The van der Waals surface area contributed by atoms with Crippen molar-refractivity contribution in [2.75, 3.05) is 11.3 Å². The third-order valence-corrected chi connectivity index (χ3v) is 6.79. The SMILES string of the molecule is CC(C)CCNC(=O)C1(c2ccc(NS(=O)(=O)c3ccccc3)cc2)CCC1. The van der Waals surface area contributed by atoms with Crippen LogP contribution in [-0.4, -0.2) is 20.9 Å².